The minimum absolute atomic E-state index is 0.899. The van der Waals surface area contributed by atoms with Crippen molar-refractivity contribution in [3.63, 3.8) is 0 Å². The first-order valence-corrected chi connectivity index (χ1v) is 18.7. The molecular weight excluding hydrogens is 617 g/mol. The van der Waals surface area contributed by atoms with E-state index in [2.05, 4.69) is 97.9 Å². The molecule has 0 aromatic carbocycles. The molecule has 0 aliphatic carbocycles. The topological polar surface area (TPSA) is 0 Å². The van der Waals surface area contributed by atoms with E-state index in [9.17, 15) is 0 Å². The molecule has 0 atom stereocenters. The van der Waals surface area contributed by atoms with Crippen molar-refractivity contribution < 1.29 is 0 Å². The maximum absolute atomic E-state index is 5.82. The lowest BCUT2D eigenvalue weighted by atomic mass is 10.2. The molecule has 0 bridgehead atoms. The van der Waals surface area contributed by atoms with Crippen LogP contribution in [0, 0.1) is 48.4 Å². The van der Waals surface area contributed by atoms with E-state index in [0.29, 0.717) is 0 Å². The highest BCUT2D eigenvalue weighted by molar-refractivity contribution is 7.29. The van der Waals surface area contributed by atoms with Gasteiger partial charge in [0.1, 0.15) is 0 Å². The highest BCUT2D eigenvalue weighted by atomic mass is 32.1. The molecule has 0 unspecified atom stereocenters. The molecule has 0 aliphatic rings. The molecule has 5 heterocycles. The van der Waals surface area contributed by atoms with Gasteiger partial charge in [0, 0.05) is 51.9 Å². The lowest BCUT2D eigenvalue weighted by molar-refractivity contribution is 0.737. The summed E-state index contributed by atoms with van der Waals surface area (Å²) in [4.78, 5) is 11.9. The van der Waals surface area contributed by atoms with Gasteiger partial charge in [-0.15, -0.1) is 69.5 Å². The van der Waals surface area contributed by atoms with Gasteiger partial charge in [0.2, 0.25) is 0 Å². The minimum Gasteiger partial charge on any atom is -0.134 e. The molecular formula is C38H32S5. The zero-order chi connectivity index (χ0) is 30.0. The molecule has 0 aliphatic heterocycles. The summed E-state index contributed by atoms with van der Waals surface area (Å²) in [6.45, 7) is 4.42. The van der Waals surface area contributed by atoms with Crippen molar-refractivity contribution in [2.75, 3.05) is 0 Å². The van der Waals surface area contributed by atoms with Crippen molar-refractivity contribution in [2.45, 2.75) is 65.2 Å². The van der Waals surface area contributed by atoms with Gasteiger partial charge in [-0.25, -0.2) is 0 Å². The molecule has 5 aromatic heterocycles. The van der Waals surface area contributed by atoms with Gasteiger partial charge in [0.25, 0.3) is 0 Å². The Morgan fingerprint density at radius 1 is 0.488 bits per heavy atom. The molecule has 0 amide bonds. The van der Waals surface area contributed by atoms with Gasteiger partial charge in [-0.1, -0.05) is 75.1 Å². The number of rotatable bonds is 10. The first-order valence-electron chi connectivity index (χ1n) is 14.6. The summed E-state index contributed by atoms with van der Waals surface area (Å²) in [5, 5.41) is 0. The van der Waals surface area contributed by atoms with Crippen LogP contribution >= 0.6 is 56.7 Å². The largest absolute Gasteiger partial charge is 0.134 e. The van der Waals surface area contributed by atoms with Crippen LogP contribution in [0.3, 0.4) is 0 Å². The molecule has 43 heavy (non-hydrogen) atoms. The van der Waals surface area contributed by atoms with Gasteiger partial charge < -0.3 is 0 Å². The molecule has 0 saturated carbocycles. The summed E-state index contributed by atoms with van der Waals surface area (Å²) in [6, 6.07) is 17.5. The second-order valence-corrected chi connectivity index (χ2v) is 15.4. The fourth-order valence-electron chi connectivity index (χ4n) is 4.45. The van der Waals surface area contributed by atoms with Crippen LogP contribution in [-0.4, -0.2) is 0 Å². The molecule has 5 aromatic rings. The third-order valence-corrected chi connectivity index (χ3v) is 12.9. The van der Waals surface area contributed by atoms with E-state index in [-0.39, 0.29) is 0 Å². The highest BCUT2D eigenvalue weighted by Crippen LogP contribution is 2.45. The second kappa shape index (κ2) is 15.5. The SMILES string of the molecule is C#Cc1cc(-c2ccc(-c3ccc(-c4ccc(-c5cc(C#C)c(C#CCCCCC)s5)s4)s3)s2)sc1C#CCCCCC. The fourth-order valence-corrected chi connectivity index (χ4v) is 9.80. The van der Waals surface area contributed by atoms with E-state index < -0.39 is 0 Å². The quantitative estimate of drug-likeness (QED) is 0.104. The Morgan fingerprint density at radius 3 is 1.16 bits per heavy atom. The third kappa shape index (κ3) is 7.83. The van der Waals surface area contributed by atoms with E-state index >= 15 is 0 Å². The predicted molar refractivity (Wildman–Crippen MR) is 195 cm³/mol. The molecule has 214 valence electrons. The molecule has 0 radical (unpaired) electrons. The van der Waals surface area contributed by atoms with Crippen LogP contribution in [0.2, 0.25) is 0 Å². The fraction of sp³-hybridized carbons (Fsp3) is 0.263. The van der Waals surface area contributed by atoms with Crippen LogP contribution in [0.4, 0.5) is 0 Å². The highest BCUT2D eigenvalue weighted by Gasteiger charge is 2.15. The standard InChI is InChI=1S/C38H32S5/c1-5-9-11-13-15-17-29-27(7-3)25-37(39-29)35-23-21-33(42-35)31-19-20-32(41-31)34-22-24-36(43-34)38-26-28(8-4)30(40-38)18-16-14-12-10-6-2/h3-4,19-26H,5-6,9-14H2,1-2H3. The first-order chi connectivity index (χ1) is 21.1. The van der Waals surface area contributed by atoms with Crippen molar-refractivity contribution in [1.82, 2.24) is 0 Å². The zero-order valence-corrected chi connectivity index (χ0v) is 28.6. The third-order valence-electron chi connectivity index (χ3n) is 6.78. The Bertz CT molecular complexity index is 1750. The number of hydrogen-bond donors (Lipinski definition) is 0. The number of thiophene rings is 5. The van der Waals surface area contributed by atoms with E-state index in [1.54, 1.807) is 22.7 Å². The van der Waals surface area contributed by atoms with Gasteiger partial charge in [-0.3, -0.25) is 0 Å². The van der Waals surface area contributed by atoms with E-state index in [1.165, 1.54) is 64.7 Å². The lowest BCUT2D eigenvalue weighted by Crippen LogP contribution is -1.74. The number of terminal acetylenes is 2. The van der Waals surface area contributed by atoms with E-state index in [4.69, 9.17) is 12.8 Å². The number of hydrogen-bond acceptors (Lipinski definition) is 5. The summed E-state index contributed by atoms with van der Waals surface area (Å²) in [7, 11) is 0. The van der Waals surface area contributed by atoms with E-state index in [1.807, 2.05) is 34.0 Å². The Hall–Kier alpha value is -3.26. The average molecular weight is 649 g/mol. The van der Waals surface area contributed by atoms with Crippen molar-refractivity contribution >= 4 is 56.7 Å². The van der Waals surface area contributed by atoms with Crippen LogP contribution < -0.4 is 0 Å². The summed E-state index contributed by atoms with van der Waals surface area (Å²) in [6.07, 6.45) is 20.6. The zero-order valence-electron chi connectivity index (χ0n) is 24.5. The van der Waals surface area contributed by atoms with Crippen molar-refractivity contribution in [2.24, 2.45) is 0 Å². The maximum atomic E-state index is 5.82. The van der Waals surface area contributed by atoms with Crippen LogP contribution in [-0.2, 0) is 0 Å². The predicted octanol–water partition coefficient (Wildman–Crippen LogP) is 12.5. The first kappa shape index (κ1) is 31.2. The van der Waals surface area contributed by atoms with Gasteiger partial charge in [-0.2, -0.15) is 0 Å². The van der Waals surface area contributed by atoms with Crippen LogP contribution in [0.5, 0.6) is 0 Å². The van der Waals surface area contributed by atoms with Gasteiger partial charge in [-0.05, 0) is 61.4 Å². The Kier molecular flexibility index (Phi) is 11.2. The summed E-state index contributed by atoms with van der Waals surface area (Å²) < 4.78 is 0. The van der Waals surface area contributed by atoms with Crippen molar-refractivity contribution in [1.29, 1.82) is 0 Å². The van der Waals surface area contributed by atoms with Gasteiger partial charge in [0.05, 0.1) is 20.9 Å². The molecule has 0 nitrogen and oxygen atoms in total. The average Bonchev–Trinajstić information content (AvgIpc) is 3.85. The molecule has 5 heteroatoms. The molecule has 0 spiro atoms. The lowest BCUT2D eigenvalue weighted by Gasteiger charge is -1.92. The smallest absolute Gasteiger partial charge is 0.0931 e. The Morgan fingerprint density at radius 2 is 0.837 bits per heavy atom. The maximum Gasteiger partial charge on any atom is 0.0931 e. The van der Waals surface area contributed by atoms with Gasteiger partial charge in [0.15, 0.2) is 0 Å². The van der Waals surface area contributed by atoms with Crippen molar-refractivity contribution in [3.05, 3.63) is 69.4 Å². The summed E-state index contributed by atoms with van der Waals surface area (Å²) in [5.74, 6) is 19.0. The van der Waals surface area contributed by atoms with Crippen LogP contribution in [0.1, 0.15) is 86.1 Å². The Balaban J connectivity index is 1.30. The molecule has 0 fully saturated rings. The van der Waals surface area contributed by atoms with E-state index in [0.717, 1.165) is 46.6 Å². The number of unbranched alkanes of at least 4 members (excludes halogenated alkanes) is 6. The molecule has 0 N–H and O–H groups in total. The molecule has 5 rings (SSSR count). The minimum atomic E-state index is 0.899. The molecule has 0 saturated heterocycles. The normalized spacial score (nSPS) is 10.4. The van der Waals surface area contributed by atoms with Crippen LogP contribution in [0.15, 0.2) is 48.5 Å². The monoisotopic (exact) mass is 648 g/mol. The Labute approximate surface area is 276 Å². The van der Waals surface area contributed by atoms with Crippen LogP contribution in [0.25, 0.3) is 39.0 Å². The second-order valence-electron chi connectivity index (χ2n) is 10.0. The van der Waals surface area contributed by atoms with Gasteiger partial charge >= 0.3 is 0 Å². The summed E-state index contributed by atoms with van der Waals surface area (Å²) >= 11 is 8.87. The van der Waals surface area contributed by atoms with Crippen molar-refractivity contribution in [3.8, 4) is 87.4 Å². The summed E-state index contributed by atoms with van der Waals surface area (Å²) in [5.41, 5.74) is 1.80.